The first-order chi connectivity index (χ1) is 10.2. The summed E-state index contributed by atoms with van der Waals surface area (Å²) in [5.41, 5.74) is 1.57. The summed E-state index contributed by atoms with van der Waals surface area (Å²) in [7, 11) is 0. The van der Waals surface area contributed by atoms with Gasteiger partial charge in [0.2, 0.25) is 11.7 Å². The number of aromatic nitrogens is 2. The molecule has 2 aromatic carbocycles. The Morgan fingerprint density at radius 2 is 1.95 bits per heavy atom. The van der Waals surface area contributed by atoms with Crippen molar-refractivity contribution in [2.24, 2.45) is 0 Å². The fourth-order valence-electron chi connectivity index (χ4n) is 1.81. The largest absolute Gasteiger partial charge is 0.376 e. The summed E-state index contributed by atoms with van der Waals surface area (Å²) < 4.78 is 18.3. The summed E-state index contributed by atoms with van der Waals surface area (Å²) in [4.78, 5) is 4.24. The smallest absolute Gasteiger partial charge is 0.246 e. The SMILES string of the molecule is Fc1ccc(-c2noc(CNc3ccccc3)n2)cc1Cl. The average molecular weight is 304 g/mol. The fourth-order valence-corrected chi connectivity index (χ4v) is 1.99. The maximum absolute atomic E-state index is 13.1. The molecule has 0 spiro atoms. The second kappa shape index (κ2) is 5.93. The Morgan fingerprint density at radius 3 is 2.71 bits per heavy atom. The van der Waals surface area contributed by atoms with Crippen molar-refractivity contribution in [1.82, 2.24) is 10.1 Å². The van der Waals surface area contributed by atoms with E-state index in [1.165, 1.54) is 12.1 Å². The van der Waals surface area contributed by atoms with E-state index in [1.807, 2.05) is 30.3 Å². The van der Waals surface area contributed by atoms with Crippen LogP contribution in [-0.4, -0.2) is 10.1 Å². The van der Waals surface area contributed by atoms with Gasteiger partial charge >= 0.3 is 0 Å². The van der Waals surface area contributed by atoms with Crippen LogP contribution in [0, 0.1) is 5.82 Å². The monoisotopic (exact) mass is 303 g/mol. The molecule has 3 rings (SSSR count). The molecule has 0 bridgehead atoms. The van der Waals surface area contributed by atoms with Gasteiger partial charge in [-0.3, -0.25) is 0 Å². The van der Waals surface area contributed by atoms with Gasteiger partial charge in [0, 0.05) is 11.3 Å². The van der Waals surface area contributed by atoms with E-state index in [0.717, 1.165) is 5.69 Å². The molecule has 3 aromatic rings. The van der Waals surface area contributed by atoms with E-state index in [-0.39, 0.29) is 5.02 Å². The fraction of sp³-hybridized carbons (Fsp3) is 0.0667. The topological polar surface area (TPSA) is 51.0 Å². The summed E-state index contributed by atoms with van der Waals surface area (Å²) >= 11 is 5.74. The van der Waals surface area contributed by atoms with Gasteiger partial charge in [-0.25, -0.2) is 4.39 Å². The summed E-state index contributed by atoms with van der Waals surface area (Å²) in [6.45, 7) is 0.409. The number of hydrogen-bond donors (Lipinski definition) is 1. The lowest BCUT2D eigenvalue weighted by Crippen LogP contribution is -1.99. The highest BCUT2D eigenvalue weighted by atomic mass is 35.5. The molecule has 6 heteroatoms. The Labute approximate surface area is 125 Å². The van der Waals surface area contributed by atoms with E-state index in [4.69, 9.17) is 16.1 Å². The number of anilines is 1. The first kappa shape index (κ1) is 13.6. The summed E-state index contributed by atoms with van der Waals surface area (Å²) in [5.74, 6) is 0.339. The Morgan fingerprint density at radius 1 is 1.14 bits per heavy atom. The minimum absolute atomic E-state index is 0.0289. The zero-order valence-corrected chi connectivity index (χ0v) is 11.6. The quantitative estimate of drug-likeness (QED) is 0.787. The maximum Gasteiger partial charge on any atom is 0.246 e. The number of nitrogens with one attached hydrogen (secondary N) is 1. The highest BCUT2D eigenvalue weighted by molar-refractivity contribution is 6.31. The molecule has 0 saturated heterocycles. The molecule has 1 heterocycles. The van der Waals surface area contributed by atoms with Crippen LogP contribution in [0.1, 0.15) is 5.89 Å². The zero-order chi connectivity index (χ0) is 14.7. The van der Waals surface area contributed by atoms with Crippen LogP contribution < -0.4 is 5.32 Å². The van der Waals surface area contributed by atoms with E-state index in [9.17, 15) is 4.39 Å². The molecule has 0 aliphatic rings. The molecule has 0 saturated carbocycles. The van der Waals surface area contributed by atoms with Gasteiger partial charge in [-0.15, -0.1) is 0 Å². The van der Waals surface area contributed by atoms with Gasteiger partial charge in [0.1, 0.15) is 5.82 Å². The van der Waals surface area contributed by atoms with Crippen LogP contribution in [0.25, 0.3) is 11.4 Å². The molecule has 0 unspecified atom stereocenters. The second-order valence-corrected chi connectivity index (χ2v) is 4.77. The number of hydrogen-bond acceptors (Lipinski definition) is 4. The van der Waals surface area contributed by atoms with Gasteiger partial charge < -0.3 is 9.84 Å². The molecular weight excluding hydrogens is 293 g/mol. The van der Waals surface area contributed by atoms with E-state index in [0.29, 0.717) is 23.8 Å². The van der Waals surface area contributed by atoms with Gasteiger partial charge in [-0.2, -0.15) is 4.98 Å². The Hall–Kier alpha value is -2.40. The minimum atomic E-state index is -0.477. The first-order valence-corrected chi connectivity index (χ1v) is 6.67. The molecule has 0 fully saturated rings. The van der Waals surface area contributed by atoms with Crippen molar-refractivity contribution in [2.45, 2.75) is 6.54 Å². The molecule has 1 aromatic heterocycles. The van der Waals surface area contributed by atoms with Crippen LogP contribution in [-0.2, 0) is 6.54 Å². The number of para-hydroxylation sites is 1. The lowest BCUT2D eigenvalue weighted by Gasteiger charge is -2.01. The van der Waals surface area contributed by atoms with Gasteiger partial charge in [0.25, 0.3) is 0 Å². The zero-order valence-electron chi connectivity index (χ0n) is 10.9. The first-order valence-electron chi connectivity index (χ1n) is 6.29. The lowest BCUT2D eigenvalue weighted by atomic mass is 10.2. The van der Waals surface area contributed by atoms with E-state index in [2.05, 4.69) is 15.5 Å². The highest BCUT2D eigenvalue weighted by Gasteiger charge is 2.10. The van der Waals surface area contributed by atoms with E-state index in [1.54, 1.807) is 6.07 Å². The minimum Gasteiger partial charge on any atom is -0.376 e. The third-order valence-electron chi connectivity index (χ3n) is 2.86. The van der Waals surface area contributed by atoms with Crippen molar-refractivity contribution in [3.8, 4) is 11.4 Å². The van der Waals surface area contributed by atoms with Crippen molar-refractivity contribution in [3.63, 3.8) is 0 Å². The van der Waals surface area contributed by atoms with Crippen LogP contribution in [0.5, 0.6) is 0 Å². The average Bonchev–Trinajstić information content (AvgIpc) is 2.98. The van der Waals surface area contributed by atoms with Crippen LogP contribution in [0.15, 0.2) is 53.1 Å². The van der Waals surface area contributed by atoms with Crippen molar-refractivity contribution < 1.29 is 8.91 Å². The molecule has 0 radical (unpaired) electrons. The van der Waals surface area contributed by atoms with Crippen LogP contribution in [0.4, 0.5) is 10.1 Å². The summed E-state index contributed by atoms with van der Waals surface area (Å²) in [6, 6.07) is 14.0. The van der Waals surface area contributed by atoms with Crippen molar-refractivity contribution in [1.29, 1.82) is 0 Å². The van der Waals surface area contributed by atoms with Crippen LogP contribution >= 0.6 is 11.6 Å². The molecule has 0 atom stereocenters. The van der Waals surface area contributed by atoms with E-state index >= 15 is 0 Å². The van der Waals surface area contributed by atoms with Crippen LogP contribution in [0.2, 0.25) is 5.02 Å². The number of rotatable bonds is 4. The second-order valence-electron chi connectivity index (χ2n) is 4.36. The maximum atomic E-state index is 13.1. The molecule has 1 N–H and O–H groups in total. The predicted molar refractivity (Wildman–Crippen MR) is 78.5 cm³/mol. The third kappa shape index (κ3) is 3.20. The number of halogens is 2. The van der Waals surface area contributed by atoms with E-state index < -0.39 is 5.82 Å². The van der Waals surface area contributed by atoms with Gasteiger partial charge in [-0.05, 0) is 30.3 Å². The van der Waals surface area contributed by atoms with Crippen molar-refractivity contribution >= 4 is 17.3 Å². The van der Waals surface area contributed by atoms with Gasteiger partial charge in [0.15, 0.2) is 0 Å². The standard InChI is InChI=1S/C15H11ClFN3O/c16-12-8-10(6-7-13(12)17)15-19-14(21-20-15)9-18-11-4-2-1-3-5-11/h1-8,18H,9H2. The Kier molecular flexibility index (Phi) is 3.83. The summed E-state index contributed by atoms with van der Waals surface area (Å²) in [5, 5.41) is 7.06. The molecule has 106 valence electrons. The number of benzene rings is 2. The van der Waals surface area contributed by atoms with Gasteiger partial charge in [-0.1, -0.05) is 35.0 Å². The molecule has 0 aliphatic heterocycles. The molecule has 0 aliphatic carbocycles. The predicted octanol–water partition coefficient (Wildman–Crippen LogP) is 4.14. The lowest BCUT2D eigenvalue weighted by molar-refractivity contribution is 0.384. The van der Waals surface area contributed by atoms with Crippen molar-refractivity contribution in [2.75, 3.05) is 5.32 Å². The highest BCUT2D eigenvalue weighted by Crippen LogP contribution is 2.22. The third-order valence-corrected chi connectivity index (χ3v) is 3.15. The molecule has 4 nitrogen and oxygen atoms in total. The molecular formula is C15H11ClFN3O. The summed E-state index contributed by atoms with van der Waals surface area (Å²) in [6.07, 6.45) is 0. The number of nitrogens with zero attached hydrogens (tertiary/aromatic N) is 2. The van der Waals surface area contributed by atoms with Gasteiger partial charge in [0.05, 0.1) is 11.6 Å². The molecule has 0 amide bonds. The Balaban J connectivity index is 1.72. The molecule has 21 heavy (non-hydrogen) atoms. The van der Waals surface area contributed by atoms with Crippen molar-refractivity contribution in [3.05, 3.63) is 65.3 Å². The van der Waals surface area contributed by atoms with Crippen LogP contribution in [0.3, 0.4) is 0 Å². The Bertz CT molecular complexity index is 746. The normalized spacial score (nSPS) is 10.6.